The smallest absolute Gasteiger partial charge is 0.393 e. The molecule has 0 aromatic heterocycles. The second kappa shape index (κ2) is 6.12. The topological polar surface area (TPSA) is 93.4 Å². The zero-order chi connectivity index (χ0) is 19.4. The van der Waals surface area contributed by atoms with Gasteiger partial charge in [0.1, 0.15) is 12.1 Å². The average molecular weight is 373 g/mol. The first-order chi connectivity index (χ1) is 12.0. The van der Waals surface area contributed by atoms with Gasteiger partial charge < -0.3 is 15.3 Å². The number of fused-ring (bicyclic) bond motifs is 1. The van der Waals surface area contributed by atoms with Crippen LogP contribution in [0.4, 0.5) is 13.2 Å². The molecule has 2 saturated carbocycles. The first-order valence-electron chi connectivity index (χ1n) is 8.77. The summed E-state index contributed by atoms with van der Waals surface area (Å²) in [6.07, 6.45) is -4.54. The molecule has 0 radical (unpaired) electrons. The van der Waals surface area contributed by atoms with Gasteiger partial charge in [-0.2, -0.15) is 18.4 Å². The number of likely N-dealkylation sites (tertiary alicyclic amines) is 1. The van der Waals surface area contributed by atoms with Crippen molar-refractivity contribution in [2.45, 2.75) is 69.9 Å². The highest BCUT2D eigenvalue weighted by atomic mass is 19.4. The third-order valence-corrected chi connectivity index (χ3v) is 6.30. The predicted molar refractivity (Wildman–Crippen MR) is 83.3 cm³/mol. The average Bonchev–Trinajstić information content (AvgIpc) is 2.89. The van der Waals surface area contributed by atoms with Crippen molar-refractivity contribution in [2.24, 2.45) is 17.3 Å². The first-order valence-corrected chi connectivity index (χ1v) is 8.77. The van der Waals surface area contributed by atoms with E-state index in [0.29, 0.717) is 19.3 Å². The minimum atomic E-state index is -5.11. The van der Waals surface area contributed by atoms with Gasteiger partial charge in [-0.15, -0.1) is 0 Å². The fraction of sp³-hybridized carbons (Fsp3) is 0.824. The zero-order valence-corrected chi connectivity index (χ0v) is 14.6. The number of alkyl halides is 3. The Morgan fingerprint density at radius 1 is 1.42 bits per heavy atom. The number of nitriles is 1. The Balaban J connectivity index is 1.89. The molecule has 0 aromatic carbocycles. The van der Waals surface area contributed by atoms with Crippen molar-refractivity contribution in [3.05, 3.63) is 0 Å². The normalized spacial score (nSPS) is 39.9. The Hall–Kier alpha value is -1.82. The van der Waals surface area contributed by atoms with Crippen LogP contribution >= 0.6 is 0 Å². The molecule has 2 aliphatic carbocycles. The van der Waals surface area contributed by atoms with E-state index >= 15 is 0 Å². The lowest BCUT2D eigenvalue weighted by Crippen LogP contribution is -2.59. The van der Waals surface area contributed by atoms with Crippen molar-refractivity contribution >= 4 is 11.8 Å². The van der Waals surface area contributed by atoms with Crippen molar-refractivity contribution in [2.75, 3.05) is 0 Å². The summed E-state index contributed by atoms with van der Waals surface area (Å²) in [5, 5.41) is 21.0. The summed E-state index contributed by atoms with van der Waals surface area (Å²) in [4.78, 5) is 26.1. The lowest BCUT2D eigenvalue weighted by molar-refractivity contribution is -0.176. The van der Waals surface area contributed by atoms with Crippen LogP contribution in [0.15, 0.2) is 0 Å². The Bertz CT molecular complexity index is 662. The van der Waals surface area contributed by atoms with Gasteiger partial charge in [0.15, 0.2) is 0 Å². The van der Waals surface area contributed by atoms with Crippen molar-refractivity contribution in [1.29, 1.82) is 5.26 Å². The Morgan fingerprint density at radius 2 is 2.08 bits per heavy atom. The molecule has 26 heavy (non-hydrogen) atoms. The molecule has 0 bridgehead atoms. The molecule has 3 aliphatic rings. The number of carbonyl (C=O) groups excluding carboxylic acids is 2. The van der Waals surface area contributed by atoms with Crippen molar-refractivity contribution < 1.29 is 27.9 Å². The SMILES string of the molecule is C[C@H]1C2C[C@@H](C#N)N(C(=O)[C@@H](NC(=O)C(F)(F)F)C3(C)CCC(O)C3)C21. The Morgan fingerprint density at radius 3 is 2.58 bits per heavy atom. The molecule has 9 heteroatoms. The molecular formula is C17H22F3N3O3. The monoisotopic (exact) mass is 373 g/mol. The summed E-state index contributed by atoms with van der Waals surface area (Å²) >= 11 is 0. The van der Waals surface area contributed by atoms with E-state index < -0.39 is 41.6 Å². The van der Waals surface area contributed by atoms with Gasteiger partial charge in [-0.1, -0.05) is 13.8 Å². The summed E-state index contributed by atoms with van der Waals surface area (Å²) < 4.78 is 38.4. The first kappa shape index (κ1) is 19.0. The molecule has 0 spiro atoms. The molecule has 0 aromatic rings. The molecule has 3 rings (SSSR count). The second-order valence-electron chi connectivity index (χ2n) is 8.09. The molecule has 1 aliphatic heterocycles. The zero-order valence-electron chi connectivity index (χ0n) is 14.6. The van der Waals surface area contributed by atoms with Crippen molar-refractivity contribution in [1.82, 2.24) is 10.2 Å². The lowest BCUT2D eigenvalue weighted by Gasteiger charge is -2.38. The van der Waals surface area contributed by atoms with Crippen LogP contribution in [0, 0.1) is 28.6 Å². The third-order valence-electron chi connectivity index (χ3n) is 6.30. The largest absolute Gasteiger partial charge is 0.471 e. The fourth-order valence-corrected chi connectivity index (χ4v) is 4.73. The number of aliphatic hydroxyl groups excluding tert-OH is 1. The highest BCUT2D eigenvalue weighted by Gasteiger charge is 2.62. The van der Waals surface area contributed by atoms with Gasteiger partial charge in [0.05, 0.1) is 12.2 Å². The number of nitrogens with zero attached hydrogens (tertiary/aromatic N) is 2. The number of hydrogen-bond donors (Lipinski definition) is 2. The summed E-state index contributed by atoms with van der Waals surface area (Å²) in [5.41, 5.74) is -0.992. The molecule has 6 nitrogen and oxygen atoms in total. The van der Waals surface area contributed by atoms with E-state index in [1.165, 1.54) is 4.90 Å². The highest BCUT2D eigenvalue weighted by Crippen LogP contribution is 2.54. The quantitative estimate of drug-likeness (QED) is 0.781. The van der Waals surface area contributed by atoms with Crippen molar-refractivity contribution in [3.8, 4) is 6.07 Å². The Labute approximate surface area is 149 Å². The van der Waals surface area contributed by atoms with Gasteiger partial charge in [0.2, 0.25) is 5.91 Å². The van der Waals surface area contributed by atoms with Crippen LogP contribution in [0.5, 0.6) is 0 Å². The van der Waals surface area contributed by atoms with E-state index in [-0.39, 0.29) is 24.3 Å². The summed E-state index contributed by atoms with van der Waals surface area (Å²) in [6.45, 7) is 3.54. The van der Waals surface area contributed by atoms with Crippen LogP contribution < -0.4 is 5.32 Å². The molecule has 144 valence electrons. The predicted octanol–water partition coefficient (Wildman–Crippen LogP) is 1.34. The summed E-state index contributed by atoms with van der Waals surface area (Å²) in [6, 6.07) is -0.219. The standard InChI is InChI=1S/C17H22F3N3O3/c1-8-11-5-9(7-21)23(12(8)11)14(25)13(22-15(26)17(18,19)20)16(2)4-3-10(24)6-16/h8-13,24H,3-6H2,1-2H3,(H,22,26)/t8-,9-,10?,11?,12?,13+,16?/m0/s1. The number of halogens is 3. The maximum atomic E-state index is 13.2. The molecule has 4 unspecified atom stereocenters. The lowest BCUT2D eigenvalue weighted by atomic mass is 9.79. The fourth-order valence-electron chi connectivity index (χ4n) is 4.73. The summed E-state index contributed by atoms with van der Waals surface area (Å²) in [5.74, 6) is -2.44. The molecule has 7 atom stereocenters. The Kier molecular flexibility index (Phi) is 4.46. The molecule has 1 saturated heterocycles. The highest BCUT2D eigenvalue weighted by molar-refractivity contribution is 5.91. The summed E-state index contributed by atoms with van der Waals surface area (Å²) in [7, 11) is 0. The van der Waals surface area contributed by atoms with Crippen LogP contribution in [-0.2, 0) is 9.59 Å². The third kappa shape index (κ3) is 3.04. The molecule has 3 fully saturated rings. The van der Waals surface area contributed by atoms with Crippen molar-refractivity contribution in [3.63, 3.8) is 0 Å². The number of hydrogen-bond acceptors (Lipinski definition) is 4. The van der Waals surface area contributed by atoms with E-state index in [4.69, 9.17) is 0 Å². The number of carbonyl (C=O) groups is 2. The van der Waals surface area contributed by atoms with Crippen LogP contribution in [0.1, 0.15) is 39.5 Å². The molecular weight excluding hydrogens is 351 g/mol. The number of rotatable bonds is 3. The van der Waals surface area contributed by atoms with Gasteiger partial charge in [-0.25, -0.2) is 0 Å². The van der Waals surface area contributed by atoms with E-state index in [9.17, 15) is 33.1 Å². The van der Waals surface area contributed by atoms with E-state index in [1.54, 1.807) is 6.92 Å². The molecule has 2 amide bonds. The van der Waals surface area contributed by atoms with Gasteiger partial charge in [-0.05, 0) is 42.9 Å². The van der Waals surface area contributed by atoms with Gasteiger partial charge in [0.25, 0.3) is 0 Å². The van der Waals surface area contributed by atoms with E-state index in [1.807, 2.05) is 18.3 Å². The van der Waals surface area contributed by atoms with E-state index in [2.05, 4.69) is 0 Å². The minimum absolute atomic E-state index is 0.121. The number of piperidine rings is 1. The minimum Gasteiger partial charge on any atom is -0.393 e. The number of nitrogens with one attached hydrogen (secondary N) is 1. The van der Waals surface area contributed by atoms with Gasteiger partial charge >= 0.3 is 12.1 Å². The van der Waals surface area contributed by atoms with Crippen LogP contribution in [-0.4, -0.2) is 52.2 Å². The maximum absolute atomic E-state index is 13.2. The van der Waals surface area contributed by atoms with Gasteiger partial charge in [-0.3, -0.25) is 9.59 Å². The van der Waals surface area contributed by atoms with Gasteiger partial charge in [0, 0.05) is 6.04 Å². The van der Waals surface area contributed by atoms with E-state index in [0.717, 1.165) is 0 Å². The van der Waals surface area contributed by atoms with Crippen LogP contribution in [0.2, 0.25) is 0 Å². The number of aliphatic hydroxyl groups is 1. The number of amides is 2. The molecule has 1 heterocycles. The molecule has 2 N–H and O–H groups in total. The van der Waals surface area contributed by atoms with Crippen LogP contribution in [0.25, 0.3) is 0 Å². The maximum Gasteiger partial charge on any atom is 0.471 e. The second-order valence-corrected chi connectivity index (χ2v) is 8.09. The van der Waals surface area contributed by atoms with Crippen LogP contribution in [0.3, 0.4) is 0 Å².